The molecule has 0 spiro atoms. The number of amides is 1. The maximum atomic E-state index is 11.8. The van der Waals surface area contributed by atoms with Gasteiger partial charge >= 0.3 is 5.97 Å². The molecular formula is C13H17NO3S. The lowest BCUT2D eigenvalue weighted by Gasteiger charge is -2.17. The largest absolute Gasteiger partial charge is 0.468 e. The topological polar surface area (TPSA) is 46.6 Å². The first-order valence-corrected chi connectivity index (χ1v) is 6.48. The van der Waals surface area contributed by atoms with Gasteiger partial charge in [0.1, 0.15) is 6.54 Å². The van der Waals surface area contributed by atoms with E-state index in [0.29, 0.717) is 6.54 Å². The molecule has 0 radical (unpaired) electrons. The molecule has 0 aliphatic heterocycles. The fraction of sp³-hybridized carbons (Fsp3) is 0.385. The molecular weight excluding hydrogens is 250 g/mol. The van der Waals surface area contributed by atoms with Crippen molar-refractivity contribution in [3.05, 3.63) is 28.0 Å². The van der Waals surface area contributed by atoms with Crippen molar-refractivity contribution in [3.8, 4) is 0 Å². The number of rotatable bonds is 5. The van der Waals surface area contributed by atoms with Crippen LogP contribution >= 0.6 is 11.3 Å². The molecule has 0 aliphatic rings. The zero-order valence-electron chi connectivity index (χ0n) is 10.8. The number of hydrogen-bond acceptors (Lipinski definition) is 4. The number of aryl methyl sites for hydroxylation is 1. The summed E-state index contributed by atoms with van der Waals surface area (Å²) in [5.41, 5.74) is 0. The van der Waals surface area contributed by atoms with Gasteiger partial charge in [-0.2, -0.15) is 0 Å². The van der Waals surface area contributed by atoms with Crippen molar-refractivity contribution < 1.29 is 14.3 Å². The Morgan fingerprint density at radius 1 is 1.44 bits per heavy atom. The van der Waals surface area contributed by atoms with Crippen LogP contribution in [0.5, 0.6) is 0 Å². The molecule has 1 amide bonds. The molecule has 98 valence electrons. The van der Waals surface area contributed by atoms with Gasteiger partial charge in [0.05, 0.1) is 7.11 Å². The molecule has 0 aliphatic carbocycles. The van der Waals surface area contributed by atoms with Gasteiger partial charge in [-0.05, 0) is 32.1 Å². The van der Waals surface area contributed by atoms with Gasteiger partial charge < -0.3 is 9.64 Å². The van der Waals surface area contributed by atoms with Crippen molar-refractivity contribution in [2.45, 2.75) is 13.8 Å². The summed E-state index contributed by atoms with van der Waals surface area (Å²) >= 11 is 1.62. The molecule has 0 saturated heterocycles. The molecule has 1 heterocycles. The average molecular weight is 267 g/mol. The second-order valence-electron chi connectivity index (χ2n) is 3.71. The quantitative estimate of drug-likeness (QED) is 0.606. The molecule has 0 saturated carbocycles. The highest BCUT2D eigenvalue weighted by molar-refractivity contribution is 7.12. The number of thiophene rings is 1. The highest BCUT2D eigenvalue weighted by Crippen LogP contribution is 2.16. The molecule has 0 fully saturated rings. The van der Waals surface area contributed by atoms with E-state index in [9.17, 15) is 9.59 Å². The van der Waals surface area contributed by atoms with Gasteiger partial charge in [0.15, 0.2) is 0 Å². The van der Waals surface area contributed by atoms with Gasteiger partial charge in [-0.25, -0.2) is 0 Å². The van der Waals surface area contributed by atoms with Crippen LogP contribution in [0.1, 0.15) is 16.7 Å². The Kier molecular flexibility index (Phi) is 5.58. The predicted molar refractivity (Wildman–Crippen MR) is 72.4 cm³/mol. The third-order valence-electron chi connectivity index (χ3n) is 2.39. The van der Waals surface area contributed by atoms with Crippen LogP contribution in [0, 0.1) is 6.92 Å². The monoisotopic (exact) mass is 267 g/mol. The summed E-state index contributed by atoms with van der Waals surface area (Å²) in [6.07, 6.45) is 3.25. The predicted octanol–water partition coefficient (Wildman–Crippen LogP) is 2.09. The van der Waals surface area contributed by atoms with E-state index in [-0.39, 0.29) is 12.5 Å². The van der Waals surface area contributed by atoms with E-state index in [1.807, 2.05) is 26.0 Å². The van der Waals surface area contributed by atoms with Gasteiger partial charge in [0.2, 0.25) is 5.91 Å². The van der Waals surface area contributed by atoms with Gasteiger partial charge in [-0.15, -0.1) is 11.3 Å². The molecule has 4 nitrogen and oxygen atoms in total. The molecule has 18 heavy (non-hydrogen) atoms. The molecule has 1 rings (SSSR count). The van der Waals surface area contributed by atoms with E-state index in [4.69, 9.17) is 0 Å². The molecule has 1 aromatic rings. The Labute approximate surface area is 111 Å². The van der Waals surface area contributed by atoms with Crippen LogP contribution in [0.25, 0.3) is 6.08 Å². The molecule has 5 heteroatoms. The Morgan fingerprint density at radius 2 is 2.17 bits per heavy atom. The number of esters is 1. The van der Waals surface area contributed by atoms with Gasteiger partial charge in [0, 0.05) is 22.4 Å². The van der Waals surface area contributed by atoms with Crippen molar-refractivity contribution in [2.75, 3.05) is 20.2 Å². The van der Waals surface area contributed by atoms with Crippen molar-refractivity contribution in [3.63, 3.8) is 0 Å². The first-order valence-electron chi connectivity index (χ1n) is 5.67. The first kappa shape index (κ1) is 14.4. The van der Waals surface area contributed by atoms with Crippen LogP contribution in [-0.2, 0) is 14.3 Å². The molecule has 0 atom stereocenters. The maximum Gasteiger partial charge on any atom is 0.325 e. The zero-order chi connectivity index (χ0) is 13.5. The summed E-state index contributed by atoms with van der Waals surface area (Å²) in [7, 11) is 1.31. The van der Waals surface area contributed by atoms with Crippen molar-refractivity contribution in [1.82, 2.24) is 4.90 Å². The molecule has 0 unspecified atom stereocenters. The second kappa shape index (κ2) is 6.96. The van der Waals surface area contributed by atoms with Gasteiger partial charge in [-0.3, -0.25) is 9.59 Å². The normalized spacial score (nSPS) is 10.6. The van der Waals surface area contributed by atoms with E-state index in [1.54, 1.807) is 17.4 Å². The number of carbonyl (C=O) groups excluding carboxylic acids is 2. The van der Waals surface area contributed by atoms with E-state index in [0.717, 1.165) is 4.88 Å². The van der Waals surface area contributed by atoms with Crippen LogP contribution < -0.4 is 0 Å². The number of nitrogens with zero attached hydrogens (tertiary/aromatic N) is 1. The molecule has 0 aromatic carbocycles. The number of methoxy groups -OCH3 is 1. The molecule has 1 aromatic heterocycles. The third-order valence-corrected chi connectivity index (χ3v) is 3.36. The van der Waals surface area contributed by atoms with E-state index in [1.165, 1.54) is 23.0 Å². The summed E-state index contributed by atoms with van der Waals surface area (Å²) in [4.78, 5) is 26.6. The van der Waals surface area contributed by atoms with E-state index in [2.05, 4.69) is 4.74 Å². The van der Waals surface area contributed by atoms with Crippen LogP contribution in [-0.4, -0.2) is 37.0 Å². The third kappa shape index (κ3) is 4.33. The summed E-state index contributed by atoms with van der Waals surface area (Å²) in [5.74, 6) is -0.598. The van der Waals surface area contributed by atoms with Crippen LogP contribution in [0.2, 0.25) is 0 Å². The van der Waals surface area contributed by atoms with Gasteiger partial charge in [0.25, 0.3) is 0 Å². The number of likely N-dealkylation sites (N-methyl/N-ethyl adjacent to an activating group) is 1. The standard InChI is InChI=1S/C13H17NO3S/c1-4-14(9-13(16)17-3)12(15)8-7-11-6-5-10(2)18-11/h5-8H,4,9H2,1-3H3. The lowest BCUT2D eigenvalue weighted by molar-refractivity contribution is -0.145. The average Bonchev–Trinajstić information content (AvgIpc) is 2.78. The Morgan fingerprint density at radius 3 is 2.67 bits per heavy atom. The first-order chi connectivity index (χ1) is 8.56. The summed E-state index contributed by atoms with van der Waals surface area (Å²) in [6, 6.07) is 3.96. The zero-order valence-corrected chi connectivity index (χ0v) is 11.6. The number of carbonyl (C=O) groups is 2. The Hall–Kier alpha value is -1.62. The number of ether oxygens (including phenoxy) is 1. The Bertz CT molecular complexity index is 451. The SMILES string of the molecule is CCN(CC(=O)OC)C(=O)C=Cc1ccc(C)s1. The second-order valence-corrected chi connectivity index (χ2v) is 5.03. The molecule has 0 bridgehead atoms. The van der Waals surface area contributed by atoms with Gasteiger partial charge in [-0.1, -0.05) is 0 Å². The minimum Gasteiger partial charge on any atom is -0.468 e. The van der Waals surface area contributed by atoms with Crippen molar-refractivity contribution in [2.24, 2.45) is 0 Å². The fourth-order valence-corrected chi connectivity index (χ4v) is 2.15. The van der Waals surface area contributed by atoms with Crippen molar-refractivity contribution in [1.29, 1.82) is 0 Å². The molecule has 0 N–H and O–H groups in total. The van der Waals surface area contributed by atoms with Crippen LogP contribution in [0.4, 0.5) is 0 Å². The lowest BCUT2D eigenvalue weighted by Crippen LogP contribution is -2.34. The highest BCUT2D eigenvalue weighted by Gasteiger charge is 2.13. The lowest BCUT2D eigenvalue weighted by atomic mass is 10.3. The summed E-state index contributed by atoms with van der Waals surface area (Å²) in [6.45, 7) is 4.30. The minimum atomic E-state index is -0.412. The smallest absolute Gasteiger partial charge is 0.325 e. The highest BCUT2D eigenvalue weighted by atomic mass is 32.1. The summed E-state index contributed by atoms with van der Waals surface area (Å²) < 4.78 is 4.54. The minimum absolute atomic E-state index is 0.0142. The van der Waals surface area contributed by atoms with Crippen LogP contribution in [0.15, 0.2) is 18.2 Å². The summed E-state index contributed by atoms with van der Waals surface area (Å²) in [5, 5.41) is 0. The van der Waals surface area contributed by atoms with Crippen molar-refractivity contribution >= 4 is 29.3 Å². The number of hydrogen-bond donors (Lipinski definition) is 0. The van der Waals surface area contributed by atoms with E-state index >= 15 is 0 Å². The fourth-order valence-electron chi connectivity index (χ4n) is 1.37. The van der Waals surface area contributed by atoms with Crippen LogP contribution in [0.3, 0.4) is 0 Å². The Balaban J connectivity index is 2.62. The van der Waals surface area contributed by atoms with E-state index < -0.39 is 5.97 Å². The maximum absolute atomic E-state index is 11.8.